The summed E-state index contributed by atoms with van der Waals surface area (Å²) in [5, 5.41) is 4.05. The minimum absolute atomic E-state index is 0.0275. The Morgan fingerprint density at radius 3 is 2.54 bits per heavy atom. The molecular formula is C21H23N3O2. The molecule has 5 heteroatoms. The van der Waals surface area contributed by atoms with Gasteiger partial charge in [-0.3, -0.25) is 4.79 Å². The first-order valence-electron chi connectivity index (χ1n) is 8.74. The van der Waals surface area contributed by atoms with Gasteiger partial charge < -0.3 is 9.42 Å². The van der Waals surface area contributed by atoms with Crippen molar-refractivity contribution in [1.82, 2.24) is 15.0 Å². The highest BCUT2D eigenvalue weighted by atomic mass is 16.5. The topological polar surface area (TPSA) is 59.2 Å². The molecule has 0 spiro atoms. The fourth-order valence-corrected chi connectivity index (χ4v) is 2.93. The maximum Gasteiger partial charge on any atom is 0.254 e. The molecule has 0 aliphatic rings. The Kier molecular flexibility index (Phi) is 5.16. The number of aryl methyl sites for hydroxylation is 3. The SMILES string of the molecule is CCN(Cc1nc(-c2cccc(C)c2)no1)C(=O)c1ccc(C)cc1C. The predicted octanol–water partition coefficient (Wildman–Crippen LogP) is 4.32. The van der Waals surface area contributed by atoms with Crippen LogP contribution in [0.1, 0.15) is 39.9 Å². The quantitative estimate of drug-likeness (QED) is 0.688. The molecule has 134 valence electrons. The molecule has 1 amide bonds. The lowest BCUT2D eigenvalue weighted by atomic mass is 10.0. The maximum absolute atomic E-state index is 12.9. The zero-order chi connectivity index (χ0) is 18.7. The third-order valence-electron chi connectivity index (χ3n) is 4.35. The molecule has 0 N–H and O–H groups in total. The number of carbonyl (C=O) groups excluding carboxylic acids is 1. The molecule has 26 heavy (non-hydrogen) atoms. The molecule has 3 aromatic rings. The van der Waals surface area contributed by atoms with Crippen molar-refractivity contribution in [3.05, 3.63) is 70.6 Å². The van der Waals surface area contributed by atoms with Gasteiger partial charge in [0.05, 0.1) is 0 Å². The van der Waals surface area contributed by atoms with Crippen molar-refractivity contribution in [2.75, 3.05) is 6.54 Å². The minimum Gasteiger partial charge on any atom is -0.337 e. The Labute approximate surface area is 153 Å². The van der Waals surface area contributed by atoms with Crippen molar-refractivity contribution < 1.29 is 9.32 Å². The molecule has 1 heterocycles. The number of rotatable bonds is 5. The summed E-state index contributed by atoms with van der Waals surface area (Å²) < 4.78 is 5.37. The van der Waals surface area contributed by atoms with Crippen molar-refractivity contribution in [3.63, 3.8) is 0 Å². The molecule has 0 unspecified atom stereocenters. The van der Waals surface area contributed by atoms with E-state index in [-0.39, 0.29) is 5.91 Å². The molecule has 2 aromatic carbocycles. The van der Waals surface area contributed by atoms with Crippen LogP contribution in [-0.4, -0.2) is 27.5 Å². The first-order chi connectivity index (χ1) is 12.5. The summed E-state index contributed by atoms with van der Waals surface area (Å²) in [4.78, 5) is 19.0. The summed E-state index contributed by atoms with van der Waals surface area (Å²) in [5.74, 6) is 0.945. The molecule has 3 rings (SSSR count). The molecule has 0 saturated carbocycles. The summed E-state index contributed by atoms with van der Waals surface area (Å²) in [5.41, 5.74) is 4.86. The Morgan fingerprint density at radius 1 is 1.08 bits per heavy atom. The van der Waals surface area contributed by atoms with Gasteiger partial charge in [0.15, 0.2) is 0 Å². The molecule has 0 atom stereocenters. The lowest BCUT2D eigenvalue weighted by molar-refractivity contribution is 0.0734. The molecule has 0 aliphatic carbocycles. The van der Waals surface area contributed by atoms with Crippen LogP contribution in [0.2, 0.25) is 0 Å². The number of carbonyl (C=O) groups is 1. The first kappa shape index (κ1) is 17.9. The lowest BCUT2D eigenvalue weighted by Crippen LogP contribution is -2.31. The van der Waals surface area contributed by atoms with Crippen molar-refractivity contribution >= 4 is 5.91 Å². The average molecular weight is 349 g/mol. The van der Waals surface area contributed by atoms with Crippen molar-refractivity contribution in [2.45, 2.75) is 34.2 Å². The van der Waals surface area contributed by atoms with Crippen LogP contribution in [0.4, 0.5) is 0 Å². The lowest BCUT2D eigenvalue weighted by Gasteiger charge is -2.20. The van der Waals surface area contributed by atoms with E-state index in [1.54, 1.807) is 4.90 Å². The zero-order valence-corrected chi connectivity index (χ0v) is 15.6. The predicted molar refractivity (Wildman–Crippen MR) is 101 cm³/mol. The van der Waals surface area contributed by atoms with Crippen molar-refractivity contribution in [3.8, 4) is 11.4 Å². The van der Waals surface area contributed by atoms with Crippen LogP contribution in [0.15, 0.2) is 47.0 Å². The molecule has 0 saturated heterocycles. The number of benzene rings is 2. The largest absolute Gasteiger partial charge is 0.337 e. The molecule has 0 aliphatic heterocycles. The Hall–Kier alpha value is -2.95. The van der Waals surface area contributed by atoms with Gasteiger partial charge in [-0.1, -0.05) is 46.6 Å². The Bertz CT molecular complexity index is 931. The Morgan fingerprint density at radius 2 is 1.85 bits per heavy atom. The molecule has 5 nitrogen and oxygen atoms in total. The molecule has 0 bridgehead atoms. The second-order valence-electron chi connectivity index (χ2n) is 6.52. The van der Waals surface area contributed by atoms with E-state index in [2.05, 4.69) is 10.1 Å². The molecule has 0 fully saturated rings. The van der Waals surface area contributed by atoms with E-state index in [4.69, 9.17) is 4.52 Å². The smallest absolute Gasteiger partial charge is 0.254 e. The first-order valence-corrected chi connectivity index (χ1v) is 8.74. The summed E-state index contributed by atoms with van der Waals surface area (Å²) in [6.45, 7) is 8.79. The number of amides is 1. The fourth-order valence-electron chi connectivity index (χ4n) is 2.93. The van der Waals surface area contributed by atoms with Crippen LogP contribution in [0.3, 0.4) is 0 Å². The molecule has 1 aromatic heterocycles. The van der Waals surface area contributed by atoms with Gasteiger partial charge in [-0.05, 0) is 45.4 Å². The van der Waals surface area contributed by atoms with Gasteiger partial charge in [0.1, 0.15) is 6.54 Å². The van der Waals surface area contributed by atoms with Gasteiger partial charge >= 0.3 is 0 Å². The third-order valence-corrected chi connectivity index (χ3v) is 4.35. The van der Waals surface area contributed by atoms with E-state index in [0.717, 1.165) is 22.3 Å². The number of hydrogen-bond acceptors (Lipinski definition) is 4. The van der Waals surface area contributed by atoms with Crippen molar-refractivity contribution in [1.29, 1.82) is 0 Å². The second-order valence-corrected chi connectivity index (χ2v) is 6.52. The highest BCUT2D eigenvalue weighted by molar-refractivity contribution is 5.95. The Balaban J connectivity index is 1.79. The van der Waals surface area contributed by atoms with E-state index < -0.39 is 0 Å². The van der Waals surface area contributed by atoms with E-state index in [1.165, 1.54) is 0 Å². The summed E-state index contributed by atoms with van der Waals surface area (Å²) in [6.07, 6.45) is 0. The highest BCUT2D eigenvalue weighted by Crippen LogP contribution is 2.19. The maximum atomic E-state index is 12.9. The molecule has 0 radical (unpaired) electrons. The van der Waals surface area contributed by atoms with Gasteiger partial charge in [-0.15, -0.1) is 0 Å². The van der Waals surface area contributed by atoms with Crippen LogP contribution in [-0.2, 0) is 6.54 Å². The van der Waals surface area contributed by atoms with Gasteiger partial charge in [-0.25, -0.2) is 0 Å². The van der Waals surface area contributed by atoms with Gasteiger partial charge in [-0.2, -0.15) is 4.98 Å². The van der Waals surface area contributed by atoms with E-state index in [0.29, 0.717) is 30.4 Å². The van der Waals surface area contributed by atoms with E-state index >= 15 is 0 Å². The van der Waals surface area contributed by atoms with Crippen LogP contribution in [0.5, 0.6) is 0 Å². The van der Waals surface area contributed by atoms with Gasteiger partial charge in [0.2, 0.25) is 11.7 Å². The number of nitrogens with zero attached hydrogens (tertiary/aromatic N) is 3. The van der Waals surface area contributed by atoms with Crippen LogP contribution < -0.4 is 0 Å². The van der Waals surface area contributed by atoms with E-state index in [1.807, 2.05) is 70.2 Å². The van der Waals surface area contributed by atoms with E-state index in [9.17, 15) is 4.79 Å². The normalized spacial score (nSPS) is 10.8. The average Bonchev–Trinajstić information content (AvgIpc) is 3.08. The zero-order valence-electron chi connectivity index (χ0n) is 15.6. The molecular weight excluding hydrogens is 326 g/mol. The second kappa shape index (κ2) is 7.52. The summed E-state index contributed by atoms with van der Waals surface area (Å²) >= 11 is 0. The number of hydrogen-bond donors (Lipinski definition) is 0. The monoisotopic (exact) mass is 349 g/mol. The summed E-state index contributed by atoms with van der Waals surface area (Å²) in [6, 6.07) is 13.8. The summed E-state index contributed by atoms with van der Waals surface area (Å²) in [7, 11) is 0. The van der Waals surface area contributed by atoms with Crippen molar-refractivity contribution in [2.24, 2.45) is 0 Å². The van der Waals surface area contributed by atoms with Crippen LogP contribution in [0, 0.1) is 20.8 Å². The van der Waals surface area contributed by atoms with Gasteiger partial charge in [0, 0.05) is 17.7 Å². The number of aromatic nitrogens is 2. The third kappa shape index (κ3) is 3.82. The van der Waals surface area contributed by atoms with Gasteiger partial charge in [0.25, 0.3) is 5.91 Å². The minimum atomic E-state index is -0.0275. The standard InChI is InChI=1S/C21H23N3O2/c1-5-24(21(25)18-10-9-15(3)11-16(18)4)13-19-22-20(23-26-19)17-8-6-7-14(2)12-17/h6-12H,5,13H2,1-4H3. The highest BCUT2D eigenvalue weighted by Gasteiger charge is 2.19. The fraction of sp³-hybridized carbons (Fsp3) is 0.286. The van der Waals surface area contributed by atoms with Crippen LogP contribution >= 0.6 is 0 Å². The van der Waals surface area contributed by atoms with Crippen LogP contribution in [0.25, 0.3) is 11.4 Å².